The minimum Gasteiger partial charge on any atom is -0.550 e. The average molecular weight is 500 g/mol. The number of carboxylic acids is 1. The molecule has 180 valence electrons. The van der Waals surface area contributed by atoms with Crippen molar-refractivity contribution in [1.82, 2.24) is 5.32 Å². The first kappa shape index (κ1) is 26.7. The van der Waals surface area contributed by atoms with E-state index < -0.39 is 11.6 Å². The van der Waals surface area contributed by atoms with Gasteiger partial charge in [-0.2, -0.15) is 0 Å². The van der Waals surface area contributed by atoms with Crippen LogP contribution in [0.2, 0.25) is 0 Å². The van der Waals surface area contributed by atoms with Gasteiger partial charge in [0.1, 0.15) is 5.75 Å². The quantitative estimate of drug-likeness (QED) is 0.297. The van der Waals surface area contributed by atoms with Gasteiger partial charge in [-0.05, 0) is 60.4 Å². The Morgan fingerprint density at radius 1 is 0.784 bits per heavy atom. The van der Waals surface area contributed by atoms with Crippen LogP contribution in [0.1, 0.15) is 46.3 Å². The van der Waals surface area contributed by atoms with E-state index in [1.54, 1.807) is 6.07 Å². The van der Waals surface area contributed by atoms with E-state index in [0.29, 0.717) is 24.9 Å². The number of unbranched alkanes of at least 4 members (excludes halogenated alkanes) is 1. The maximum Gasteiger partial charge on any atom is 1.00 e. The van der Waals surface area contributed by atoms with Crippen LogP contribution in [-0.2, 0) is 10.4 Å². The van der Waals surface area contributed by atoms with Crippen molar-refractivity contribution in [2.24, 2.45) is 0 Å². The second-order valence-electron chi connectivity index (χ2n) is 8.87. The molecule has 0 spiro atoms. The molecule has 4 aromatic rings. The summed E-state index contributed by atoms with van der Waals surface area (Å²) in [5, 5.41) is 15.2. The van der Waals surface area contributed by atoms with E-state index in [2.05, 4.69) is 41.7 Å². The smallest absolute Gasteiger partial charge is 0.550 e. The van der Waals surface area contributed by atoms with E-state index >= 15 is 0 Å². The monoisotopic (exact) mass is 499 g/mol. The van der Waals surface area contributed by atoms with Crippen molar-refractivity contribution >= 4 is 28.7 Å². The van der Waals surface area contributed by atoms with Crippen LogP contribution < -0.4 is 44.7 Å². The third-order valence-electron chi connectivity index (χ3n) is 6.56. The predicted molar refractivity (Wildman–Crippen MR) is 138 cm³/mol. The SMILES string of the molecule is O=C([O-])CCCCNC(=O)c1cccc2c3c(ccc12)OC(c1ccccc1)(c1ccccc1)C=C3.[Na+]. The summed E-state index contributed by atoms with van der Waals surface area (Å²) in [5.74, 6) is -0.505. The Labute approximate surface area is 238 Å². The number of carboxylic acid groups (broad SMARTS) is 1. The molecule has 0 atom stereocenters. The standard InChI is InChI=1S/C31H27NO4.Na/c33-29(34)16-7-8-21-32-30(35)27-15-9-14-24-25(27)17-18-28-26(24)19-20-31(36-28,22-10-3-1-4-11-22)23-12-5-2-6-13-23;/h1-6,9-15,17-20H,7-8,16,21H2,(H,32,35)(H,33,34);/q;+1/p-1. The number of rotatable bonds is 8. The fraction of sp³-hybridized carbons (Fsp3) is 0.161. The molecule has 37 heavy (non-hydrogen) atoms. The van der Waals surface area contributed by atoms with Crippen molar-refractivity contribution in [3.05, 3.63) is 119 Å². The van der Waals surface area contributed by atoms with Crippen LogP contribution in [-0.4, -0.2) is 18.4 Å². The van der Waals surface area contributed by atoms with Crippen LogP contribution in [0.25, 0.3) is 16.8 Å². The zero-order chi connectivity index (χ0) is 25.0. The summed E-state index contributed by atoms with van der Waals surface area (Å²) in [7, 11) is 0. The number of carbonyl (C=O) groups is 2. The van der Waals surface area contributed by atoms with Gasteiger partial charge >= 0.3 is 29.6 Å². The molecule has 0 bridgehead atoms. The molecular weight excluding hydrogens is 473 g/mol. The maximum atomic E-state index is 12.9. The molecule has 6 heteroatoms. The molecule has 1 N–H and O–H groups in total. The first-order valence-corrected chi connectivity index (χ1v) is 12.1. The Kier molecular flexibility index (Phi) is 8.49. The van der Waals surface area contributed by atoms with Gasteiger partial charge in [-0.1, -0.05) is 72.8 Å². The molecule has 0 fully saturated rings. The number of carbonyl (C=O) groups excluding carboxylic acids is 2. The molecule has 1 amide bonds. The van der Waals surface area contributed by atoms with Gasteiger partial charge in [-0.3, -0.25) is 4.79 Å². The van der Waals surface area contributed by atoms with E-state index in [0.717, 1.165) is 33.2 Å². The first-order chi connectivity index (χ1) is 17.6. The van der Waals surface area contributed by atoms with Gasteiger partial charge in [0.25, 0.3) is 5.91 Å². The molecule has 1 heterocycles. The number of amides is 1. The summed E-state index contributed by atoms with van der Waals surface area (Å²) in [6, 6.07) is 29.8. The van der Waals surface area contributed by atoms with Crippen molar-refractivity contribution in [1.29, 1.82) is 0 Å². The molecule has 0 unspecified atom stereocenters. The van der Waals surface area contributed by atoms with Gasteiger partial charge in [-0.25, -0.2) is 0 Å². The van der Waals surface area contributed by atoms with E-state index in [4.69, 9.17) is 4.74 Å². The van der Waals surface area contributed by atoms with Crippen LogP contribution >= 0.6 is 0 Å². The summed E-state index contributed by atoms with van der Waals surface area (Å²) in [5.41, 5.74) is 2.81. The molecule has 0 saturated carbocycles. The van der Waals surface area contributed by atoms with E-state index in [1.807, 2.05) is 60.7 Å². The van der Waals surface area contributed by atoms with Crippen molar-refractivity contribution < 1.29 is 49.0 Å². The summed E-state index contributed by atoms with van der Waals surface area (Å²) in [4.78, 5) is 23.5. The van der Waals surface area contributed by atoms with Crippen molar-refractivity contribution in [3.8, 4) is 5.75 Å². The van der Waals surface area contributed by atoms with Gasteiger partial charge in [0.15, 0.2) is 5.60 Å². The minimum absolute atomic E-state index is 0. The zero-order valence-electron chi connectivity index (χ0n) is 20.8. The van der Waals surface area contributed by atoms with Gasteiger partial charge in [0.05, 0.1) is 0 Å². The molecule has 0 radical (unpaired) electrons. The molecule has 5 nitrogen and oxygen atoms in total. The normalized spacial score (nSPS) is 13.2. The second-order valence-corrected chi connectivity index (χ2v) is 8.87. The first-order valence-electron chi connectivity index (χ1n) is 12.1. The van der Waals surface area contributed by atoms with E-state index in [9.17, 15) is 14.7 Å². The van der Waals surface area contributed by atoms with E-state index in [1.165, 1.54) is 0 Å². The fourth-order valence-electron chi connectivity index (χ4n) is 4.77. The Morgan fingerprint density at radius 2 is 1.46 bits per heavy atom. The molecule has 0 saturated heterocycles. The molecule has 5 rings (SSSR count). The number of aliphatic carboxylic acids is 1. The topological polar surface area (TPSA) is 78.5 Å². The number of hydrogen-bond acceptors (Lipinski definition) is 4. The molecule has 0 aliphatic carbocycles. The fourth-order valence-corrected chi connectivity index (χ4v) is 4.77. The van der Waals surface area contributed by atoms with Crippen LogP contribution in [0.15, 0.2) is 97.1 Å². The summed E-state index contributed by atoms with van der Waals surface area (Å²) < 4.78 is 6.77. The van der Waals surface area contributed by atoms with Gasteiger partial charge in [0, 0.05) is 34.8 Å². The average Bonchev–Trinajstić information content (AvgIpc) is 2.92. The van der Waals surface area contributed by atoms with Crippen molar-refractivity contribution in [2.45, 2.75) is 24.9 Å². The maximum absolute atomic E-state index is 12.9. The third-order valence-corrected chi connectivity index (χ3v) is 6.56. The van der Waals surface area contributed by atoms with E-state index in [-0.39, 0.29) is 41.9 Å². The molecule has 1 aliphatic heterocycles. The number of hydrogen-bond donors (Lipinski definition) is 1. The number of fused-ring (bicyclic) bond motifs is 3. The molecule has 1 aliphatic rings. The summed E-state index contributed by atoms with van der Waals surface area (Å²) in [6.45, 7) is 0.410. The van der Waals surface area contributed by atoms with Gasteiger partial charge in [-0.15, -0.1) is 0 Å². The number of ether oxygens (including phenoxy) is 1. The van der Waals surface area contributed by atoms with Crippen LogP contribution in [0, 0.1) is 0 Å². The van der Waals surface area contributed by atoms with Crippen molar-refractivity contribution in [2.75, 3.05) is 6.54 Å². The molecular formula is C31H26NNaO4. The van der Waals surface area contributed by atoms with Crippen LogP contribution in [0.3, 0.4) is 0 Å². The summed E-state index contributed by atoms with van der Waals surface area (Å²) in [6.07, 6.45) is 5.22. The zero-order valence-corrected chi connectivity index (χ0v) is 22.8. The number of benzene rings is 4. The largest absolute Gasteiger partial charge is 1.00 e. The molecule has 4 aromatic carbocycles. The Bertz CT molecular complexity index is 1390. The Morgan fingerprint density at radius 3 is 2.11 bits per heavy atom. The molecule has 0 aromatic heterocycles. The van der Waals surface area contributed by atoms with Gasteiger partial charge in [0.2, 0.25) is 0 Å². The number of nitrogens with one attached hydrogen (secondary N) is 1. The van der Waals surface area contributed by atoms with Crippen LogP contribution in [0.4, 0.5) is 0 Å². The minimum atomic E-state index is -1.07. The van der Waals surface area contributed by atoms with Crippen molar-refractivity contribution in [3.63, 3.8) is 0 Å². The Hall–Kier alpha value is -3.38. The summed E-state index contributed by atoms with van der Waals surface area (Å²) >= 11 is 0. The third kappa shape index (κ3) is 5.49. The predicted octanol–water partition coefficient (Wildman–Crippen LogP) is 1.84. The second kappa shape index (κ2) is 11.8. The van der Waals surface area contributed by atoms with Crippen LogP contribution in [0.5, 0.6) is 5.75 Å². The Balaban J connectivity index is 0.00000320. The van der Waals surface area contributed by atoms with Gasteiger partial charge < -0.3 is 20.0 Å².